The summed E-state index contributed by atoms with van der Waals surface area (Å²) in [5.74, 6) is -0.623. The molecule has 1 N–H and O–H groups in total. The molecule has 0 bridgehead atoms. The average molecular weight is 318 g/mol. The largest absolute Gasteiger partial charge is 0.385 e. The first-order chi connectivity index (χ1) is 11.1. The molecule has 0 aliphatic carbocycles. The molecule has 7 heteroatoms. The van der Waals surface area contributed by atoms with Gasteiger partial charge in [-0.3, -0.25) is 9.48 Å². The topological polar surface area (TPSA) is 71.2 Å². The molecule has 23 heavy (non-hydrogen) atoms. The number of pyridine rings is 1. The number of halogens is 1. The molecule has 1 saturated heterocycles. The summed E-state index contributed by atoms with van der Waals surface area (Å²) < 4.78 is 15.5. The SMILES string of the molecule is O=C(CCn1cccn1)N1CCC(O)(c2cccnc2F)CC1. The Kier molecular flexibility index (Phi) is 4.38. The van der Waals surface area contributed by atoms with Crippen molar-refractivity contribution in [2.45, 2.75) is 31.4 Å². The number of aromatic nitrogens is 3. The standard InChI is InChI=1S/C16H19FN4O2/c17-15-13(3-1-7-18-15)16(23)5-11-20(12-6-16)14(22)4-10-21-9-2-8-19-21/h1-3,7-9,23H,4-6,10-12H2. The van der Waals surface area contributed by atoms with E-state index in [-0.39, 0.29) is 11.5 Å². The molecule has 2 aromatic rings. The normalized spacial score (nSPS) is 17.2. The Bertz CT molecular complexity index is 666. The lowest BCUT2D eigenvalue weighted by Crippen LogP contribution is -2.45. The van der Waals surface area contributed by atoms with Crippen molar-refractivity contribution in [2.24, 2.45) is 0 Å². The molecule has 0 radical (unpaired) electrons. The molecule has 1 fully saturated rings. The first-order valence-electron chi connectivity index (χ1n) is 7.67. The van der Waals surface area contributed by atoms with Crippen LogP contribution in [0.25, 0.3) is 0 Å². The van der Waals surface area contributed by atoms with Gasteiger partial charge in [-0.2, -0.15) is 9.49 Å². The average Bonchev–Trinajstić information content (AvgIpc) is 3.07. The minimum Gasteiger partial charge on any atom is -0.385 e. The summed E-state index contributed by atoms with van der Waals surface area (Å²) >= 11 is 0. The number of piperidine rings is 1. The zero-order valence-corrected chi connectivity index (χ0v) is 12.7. The van der Waals surface area contributed by atoms with Gasteiger partial charge in [-0.25, -0.2) is 4.98 Å². The van der Waals surface area contributed by atoms with Crippen LogP contribution in [0.4, 0.5) is 4.39 Å². The number of hydrogen-bond donors (Lipinski definition) is 1. The quantitative estimate of drug-likeness (QED) is 0.863. The van der Waals surface area contributed by atoms with Crippen molar-refractivity contribution >= 4 is 5.91 Å². The van der Waals surface area contributed by atoms with Crippen LogP contribution in [0.3, 0.4) is 0 Å². The molecule has 1 aliphatic rings. The predicted octanol–water partition coefficient (Wildman–Crippen LogP) is 1.32. The first-order valence-corrected chi connectivity index (χ1v) is 7.67. The number of rotatable bonds is 4. The second-order valence-electron chi connectivity index (χ2n) is 5.77. The lowest BCUT2D eigenvalue weighted by atomic mass is 9.85. The van der Waals surface area contributed by atoms with Crippen molar-refractivity contribution in [3.63, 3.8) is 0 Å². The van der Waals surface area contributed by atoms with Gasteiger partial charge < -0.3 is 10.0 Å². The van der Waals surface area contributed by atoms with E-state index in [1.165, 1.54) is 6.20 Å². The van der Waals surface area contributed by atoms with E-state index in [9.17, 15) is 14.3 Å². The summed E-state index contributed by atoms with van der Waals surface area (Å²) in [7, 11) is 0. The van der Waals surface area contributed by atoms with Gasteiger partial charge in [0.25, 0.3) is 0 Å². The Balaban J connectivity index is 1.57. The van der Waals surface area contributed by atoms with E-state index in [0.717, 1.165) is 0 Å². The maximum Gasteiger partial charge on any atom is 0.224 e. The third-order valence-electron chi connectivity index (χ3n) is 4.32. The van der Waals surface area contributed by atoms with Crippen molar-refractivity contribution < 1.29 is 14.3 Å². The Morgan fingerprint density at radius 1 is 1.30 bits per heavy atom. The Morgan fingerprint density at radius 3 is 2.74 bits per heavy atom. The zero-order chi connectivity index (χ0) is 16.3. The molecule has 1 amide bonds. The molecule has 1 aliphatic heterocycles. The minimum atomic E-state index is -1.25. The highest BCUT2D eigenvalue weighted by Gasteiger charge is 2.37. The Morgan fingerprint density at radius 2 is 2.09 bits per heavy atom. The third kappa shape index (κ3) is 3.39. The van der Waals surface area contributed by atoms with Crippen LogP contribution in [0.15, 0.2) is 36.8 Å². The number of amides is 1. The van der Waals surface area contributed by atoms with Gasteiger partial charge in [0.05, 0.1) is 5.60 Å². The number of hydrogen-bond acceptors (Lipinski definition) is 4. The molecule has 0 saturated carbocycles. The number of carbonyl (C=O) groups is 1. The molecule has 2 aromatic heterocycles. The van der Waals surface area contributed by atoms with Gasteiger partial charge in [-0.05, 0) is 25.0 Å². The van der Waals surface area contributed by atoms with Crippen LogP contribution in [0, 0.1) is 5.95 Å². The summed E-state index contributed by atoms with van der Waals surface area (Å²) in [6.45, 7) is 1.34. The van der Waals surface area contributed by atoms with E-state index >= 15 is 0 Å². The molecule has 0 aromatic carbocycles. The predicted molar refractivity (Wildman–Crippen MR) is 80.7 cm³/mol. The van der Waals surface area contributed by atoms with Gasteiger partial charge in [0.1, 0.15) is 0 Å². The molecular formula is C16H19FN4O2. The first kappa shape index (κ1) is 15.6. The maximum absolute atomic E-state index is 13.8. The fraction of sp³-hybridized carbons (Fsp3) is 0.438. The van der Waals surface area contributed by atoms with Crippen LogP contribution >= 0.6 is 0 Å². The Hall–Kier alpha value is -2.28. The number of carbonyl (C=O) groups excluding carboxylic acids is 1. The lowest BCUT2D eigenvalue weighted by molar-refractivity contribution is -0.136. The van der Waals surface area contributed by atoms with Gasteiger partial charge in [0.2, 0.25) is 11.9 Å². The van der Waals surface area contributed by atoms with Crippen molar-refractivity contribution in [3.05, 3.63) is 48.3 Å². The van der Waals surface area contributed by atoms with Crippen LogP contribution < -0.4 is 0 Å². The molecule has 0 spiro atoms. The van der Waals surface area contributed by atoms with Crippen molar-refractivity contribution in [1.82, 2.24) is 19.7 Å². The second-order valence-corrected chi connectivity index (χ2v) is 5.77. The van der Waals surface area contributed by atoms with Crippen molar-refractivity contribution in [2.75, 3.05) is 13.1 Å². The fourth-order valence-electron chi connectivity index (χ4n) is 2.93. The van der Waals surface area contributed by atoms with Gasteiger partial charge in [0.15, 0.2) is 0 Å². The number of aryl methyl sites for hydroxylation is 1. The minimum absolute atomic E-state index is 0.0224. The fourth-order valence-corrected chi connectivity index (χ4v) is 2.93. The molecule has 0 atom stereocenters. The molecular weight excluding hydrogens is 299 g/mol. The molecule has 3 rings (SSSR count). The van der Waals surface area contributed by atoms with Gasteiger partial charge in [-0.15, -0.1) is 0 Å². The highest BCUT2D eigenvalue weighted by molar-refractivity contribution is 5.76. The summed E-state index contributed by atoms with van der Waals surface area (Å²) in [6, 6.07) is 4.98. The van der Waals surface area contributed by atoms with Gasteiger partial charge in [0, 0.05) is 50.2 Å². The highest BCUT2D eigenvalue weighted by Crippen LogP contribution is 2.33. The number of likely N-dealkylation sites (tertiary alicyclic amines) is 1. The van der Waals surface area contributed by atoms with E-state index in [2.05, 4.69) is 10.1 Å². The lowest BCUT2D eigenvalue weighted by Gasteiger charge is -2.38. The third-order valence-corrected chi connectivity index (χ3v) is 4.32. The highest BCUT2D eigenvalue weighted by atomic mass is 19.1. The van der Waals surface area contributed by atoms with Gasteiger partial charge in [-0.1, -0.05) is 6.07 Å². The summed E-state index contributed by atoms with van der Waals surface area (Å²) in [4.78, 5) is 17.5. The van der Waals surface area contributed by atoms with Crippen LogP contribution in [0.5, 0.6) is 0 Å². The number of aliphatic hydroxyl groups is 1. The van der Waals surface area contributed by atoms with Crippen LogP contribution in [-0.2, 0) is 16.9 Å². The summed E-state index contributed by atoms with van der Waals surface area (Å²) in [5.41, 5.74) is -1.04. The Labute approximate surface area is 133 Å². The van der Waals surface area contributed by atoms with Gasteiger partial charge >= 0.3 is 0 Å². The van der Waals surface area contributed by atoms with E-state index in [4.69, 9.17) is 0 Å². The summed E-state index contributed by atoms with van der Waals surface area (Å²) in [6.07, 6.45) is 5.82. The maximum atomic E-state index is 13.8. The number of nitrogens with zero attached hydrogens (tertiary/aromatic N) is 4. The monoisotopic (exact) mass is 318 g/mol. The van der Waals surface area contributed by atoms with Crippen LogP contribution in [0.2, 0.25) is 0 Å². The zero-order valence-electron chi connectivity index (χ0n) is 12.7. The van der Waals surface area contributed by atoms with E-state index < -0.39 is 11.5 Å². The smallest absolute Gasteiger partial charge is 0.224 e. The van der Waals surface area contributed by atoms with Crippen LogP contribution in [0.1, 0.15) is 24.8 Å². The summed E-state index contributed by atoms with van der Waals surface area (Å²) in [5, 5.41) is 14.7. The van der Waals surface area contributed by atoms with Crippen molar-refractivity contribution in [3.8, 4) is 0 Å². The molecule has 3 heterocycles. The van der Waals surface area contributed by atoms with E-state index in [1.54, 1.807) is 27.9 Å². The van der Waals surface area contributed by atoms with Crippen LogP contribution in [-0.4, -0.2) is 43.8 Å². The van der Waals surface area contributed by atoms with Crippen molar-refractivity contribution in [1.29, 1.82) is 0 Å². The molecule has 0 unspecified atom stereocenters. The molecule has 122 valence electrons. The molecule has 6 nitrogen and oxygen atoms in total. The second kappa shape index (κ2) is 6.45. The van der Waals surface area contributed by atoms with E-state index in [1.807, 2.05) is 12.3 Å². The van der Waals surface area contributed by atoms with E-state index in [0.29, 0.717) is 38.9 Å².